The van der Waals surface area contributed by atoms with Gasteiger partial charge in [-0.05, 0) is 34.6 Å². The zero-order chi connectivity index (χ0) is 16.6. The quantitative estimate of drug-likeness (QED) is 0.436. The van der Waals surface area contributed by atoms with Gasteiger partial charge in [0, 0.05) is 11.0 Å². The molecule has 1 amide bonds. The van der Waals surface area contributed by atoms with Crippen molar-refractivity contribution in [1.82, 2.24) is 5.32 Å². The first-order chi connectivity index (χ1) is 9.55. The van der Waals surface area contributed by atoms with E-state index in [0.29, 0.717) is 0 Å². The lowest BCUT2D eigenvalue weighted by Crippen LogP contribution is -2.44. The Labute approximate surface area is 124 Å². The van der Waals surface area contributed by atoms with Crippen molar-refractivity contribution in [3.05, 3.63) is 10.1 Å². The molecule has 0 saturated carbocycles. The molecule has 1 unspecified atom stereocenters. The Morgan fingerprint density at radius 1 is 1.33 bits per heavy atom. The molecule has 1 N–H and O–H groups in total. The molecule has 0 rings (SSSR count). The summed E-state index contributed by atoms with van der Waals surface area (Å²) in [4.78, 5) is 33.3. The van der Waals surface area contributed by atoms with Gasteiger partial charge in [0.1, 0.15) is 5.60 Å². The van der Waals surface area contributed by atoms with E-state index < -0.39 is 41.1 Å². The Bertz CT molecular complexity index is 377. The van der Waals surface area contributed by atoms with Crippen LogP contribution in [0.1, 0.15) is 41.0 Å². The molecule has 0 aliphatic carbocycles. The highest BCUT2D eigenvalue weighted by Gasteiger charge is 2.28. The van der Waals surface area contributed by atoms with Gasteiger partial charge in [-0.15, -0.1) is 0 Å². The number of hydrogen-bond donors (Lipinski definition) is 1. The first-order valence-electron chi connectivity index (χ1n) is 6.82. The zero-order valence-corrected chi connectivity index (χ0v) is 13.2. The number of amides is 1. The molecular weight excluding hydrogens is 280 g/mol. The Hall–Kier alpha value is -1.86. The van der Waals surface area contributed by atoms with Crippen molar-refractivity contribution in [2.24, 2.45) is 5.92 Å². The second kappa shape index (κ2) is 8.43. The summed E-state index contributed by atoms with van der Waals surface area (Å²) in [5.74, 6) is -1.19. The molecule has 21 heavy (non-hydrogen) atoms. The fraction of sp³-hybridized carbons (Fsp3) is 0.846. The number of hydrogen-bond acceptors (Lipinski definition) is 6. The van der Waals surface area contributed by atoms with E-state index >= 15 is 0 Å². The molecule has 0 heterocycles. The van der Waals surface area contributed by atoms with E-state index in [1.807, 2.05) is 0 Å². The fourth-order valence-corrected chi connectivity index (χ4v) is 1.64. The molecule has 122 valence electrons. The number of esters is 1. The van der Waals surface area contributed by atoms with E-state index in [-0.39, 0.29) is 13.0 Å². The Kier molecular flexibility index (Phi) is 7.69. The second-order valence-corrected chi connectivity index (χ2v) is 5.72. The Balaban J connectivity index is 4.63. The smallest absolute Gasteiger partial charge is 0.407 e. The van der Waals surface area contributed by atoms with Crippen LogP contribution >= 0.6 is 0 Å². The monoisotopic (exact) mass is 304 g/mol. The molecule has 0 aliphatic rings. The van der Waals surface area contributed by atoms with Gasteiger partial charge in [0.25, 0.3) is 0 Å². The second-order valence-electron chi connectivity index (χ2n) is 5.72. The maximum atomic E-state index is 11.7. The van der Waals surface area contributed by atoms with Gasteiger partial charge in [0.2, 0.25) is 6.54 Å². The third-order valence-corrected chi connectivity index (χ3v) is 2.57. The minimum Gasteiger partial charge on any atom is -0.466 e. The van der Waals surface area contributed by atoms with Crippen LogP contribution in [0.3, 0.4) is 0 Å². The number of nitrogens with zero attached hydrogens (tertiary/aromatic N) is 1. The summed E-state index contributed by atoms with van der Waals surface area (Å²) in [5, 5.41) is 13.2. The van der Waals surface area contributed by atoms with Crippen molar-refractivity contribution in [3.8, 4) is 0 Å². The largest absolute Gasteiger partial charge is 0.466 e. The summed E-state index contributed by atoms with van der Waals surface area (Å²) in [6, 6.07) is -0.588. The molecule has 0 aromatic rings. The third kappa shape index (κ3) is 9.64. The number of nitro groups is 1. The highest BCUT2D eigenvalue weighted by Crippen LogP contribution is 2.13. The van der Waals surface area contributed by atoms with Crippen LogP contribution in [0.15, 0.2) is 0 Å². The summed E-state index contributed by atoms with van der Waals surface area (Å²) in [6.45, 7) is 8.16. The molecule has 0 bridgehead atoms. The van der Waals surface area contributed by atoms with E-state index in [4.69, 9.17) is 9.47 Å². The number of alkyl carbamates (subject to hydrolysis) is 1. The Morgan fingerprint density at radius 3 is 2.33 bits per heavy atom. The number of nitrogens with one attached hydrogen (secondary N) is 1. The van der Waals surface area contributed by atoms with Gasteiger partial charge in [0.05, 0.1) is 18.9 Å². The molecule has 8 nitrogen and oxygen atoms in total. The molecule has 0 fully saturated rings. The molecule has 0 radical (unpaired) electrons. The number of carbonyl (C=O) groups excluding carboxylic acids is 2. The first-order valence-corrected chi connectivity index (χ1v) is 6.82. The molecule has 0 aromatic carbocycles. The van der Waals surface area contributed by atoms with E-state index in [0.717, 1.165) is 0 Å². The van der Waals surface area contributed by atoms with Crippen molar-refractivity contribution in [3.63, 3.8) is 0 Å². The predicted octanol–water partition coefficient (Wildman–Crippen LogP) is 1.75. The van der Waals surface area contributed by atoms with E-state index in [1.165, 1.54) is 0 Å². The lowest BCUT2D eigenvalue weighted by atomic mass is 9.97. The molecule has 8 heteroatoms. The van der Waals surface area contributed by atoms with E-state index in [2.05, 4.69) is 5.32 Å². The van der Waals surface area contributed by atoms with Gasteiger partial charge in [-0.2, -0.15) is 0 Å². The van der Waals surface area contributed by atoms with Crippen LogP contribution in [0, 0.1) is 16.0 Å². The highest BCUT2D eigenvalue weighted by molar-refractivity contribution is 5.70. The molecule has 0 saturated heterocycles. The molecular formula is C13H24N2O6. The van der Waals surface area contributed by atoms with Crippen molar-refractivity contribution < 1.29 is 24.0 Å². The summed E-state index contributed by atoms with van der Waals surface area (Å²) >= 11 is 0. The van der Waals surface area contributed by atoms with Gasteiger partial charge in [0.15, 0.2) is 0 Å². The van der Waals surface area contributed by atoms with Crippen LogP contribution in [0.2, 0.25) is 0 Å². The van der Waals surface area contributed by atoms with Crippen molar-refractivity contribution >= 4 is 12.1 Å². The molecule has 0 aliphatic heterocycles. The van der Waals surface area contributed by atoms with Crippen LogP contribution in [-0.4, -0.2) is 41.8 Å². The number of rotatable bonds is 7. The molecule has 0 spiro atoms. The first kappa shape index (κ1) is 19.1. The van der Waals surface area contributed by atoms with Crippen LogP contribution in [0.25, 0.3) is 0 Å². The van der Waals surface area contributed by atoms with Crippen molar-refractivity contribution in [2.75, 3.05) is 13.2 Å². The normalized spacial score (nSPS) is 14.0. The standard InChI is InChI=1S/C13H24N2O6/c1-6-20-11(16)7-10(8-15(18)19)9(2)14-12(17)21-13(3,4)5/h9-10H,6-8H2,1-5H3,(H,14,17)/t9-,10?/m0/s1. The summed E-state index contributed by atoms with van der Waals surface area (Å²) in [6.07, 6.45) is -0.807. The summed E-state index contributed by atoms with van der Waals surface area (Å²) < 4.78 is 9.86. The SMILES string of the molecule is CCOC(=O)CC(C[N+](=O)[O-])[C@H](C)NC(=O)OC(C)(C)C. The number of carbonyl (C=O) groups is 2. The Morgan fingerprint density at radius 2 is 1.90 bits per heavy atom. The molecule has 0 aromatic heterocycles. The van der Waals surface area contributed by atoms with E-state index in [1.54, 1.807) is 34.6 Å². The lowest BCUT2D eigenvalue weighted by molar-refractivity contribution is -0.488. The summed E-state index contributed by atoms with van der Waals surface area (Å²) in [7, 11) is 0. The fourth-order valence-electron chi connectivity index (χ4n) is 1.64. The molecule has 2 atom stereocenters. The number of ether oxygens (including phenoxy) is 2. The van der Waals surface area contributed by atoms with Crippen LogP contribution < -0.4 is 5.32 Å². The maximum Gasteiger partial charge on any atom is 0.407 e. The highest BCUT2D eigenvalue weighted by atomic mass is 16.6. The average Bonchev–Trinajstić information content (AvgIpc) is 2.24. The van der Waals surface area contributed by atoms with Gasteiger partial charge >= 0.3 is 12.1 Å². The topological polar surface area (TPSA) is 108 Å². The minimum atomic E-state index is -0.674. The third-order valence-electron chi connectivity index (χ3n) is 2.57. The van der Waals surface area contributed by atoms with E-state index in [9.17, 15) is 19.7 Å². The van der Waals surface area contributed by atoms with Gasteiger partial charge in [-0.1, -0.05) is 0 Å². The minimum absolute atomic E-state index is 0.133. The van der Waals surface area contributed by atoms with Crippen molar-refractivity contribution in [1.29, 1.82) is 0 Å². The van der Waals surface area contributed by atoms with Crippen LogP contribution in [-0.2, 0) is 14.3 Å². The van der Waals surface area contributed by atoms with Crippen LogP contribution in [0.5, 0.6) is 0 Å². The van der Waals surface area contributed by atoms with Crippen molar-refractivity contribution in [2.45, 2.75) is 52.7 Å². The van der Waals surface area contributed by atoms with Crippen LogP contribution in [0.4, 0.5) is 4.79 Å². The maximum absolute atomic E-state index is 11.7. The zero-order valence-electron chi connectivity index (χ0n) is 13.2. The lowest BCUT2D eigenvalue weighted by Gasteiger charge is -2.24. The van der Waals surface area contributed by atoms with Gasteiger partial charge < -0.3 is 14.8 Å². The van der Waals surface area contributed by atoms with Gasteiger partial charge in [-0.3, -0.25) is 14.9 Å². The average molecular weight is 304 g/mol. The predicted molar refractivity (Wildman–Crippen MR) is 75.4 cm³/mol. The summed E-state index contributed by atoms with van der Waals surface area (Å²) in [5.41, 5.74) is -0.663. The van der Waals surface area contributed by atoms with Gasteiger partial charge in [-0.25, -0.2) is 4.79 Å².